The van der Waals surface area contributed by atoms with Gasteiger partial charge in [-0.25, -0.2) is 4.39 Å². The standard InChI is InChI=1S/C15H12ClFN4O/c1-22-12-6-5-10(8-13-18-20-21-19-13)15(17)14(12)9-3-2-4-11(16)7-9/h2-7,13H,8H2,1H3. The van der Waals surface area contributed by atoms with E-state index in [4.69, 9.17) is 16.3 Å². The molecule has 1 aliphatic rings. The van der Waals surface area contributed by atoms with Crippen molar-refractivity contribution in [2.24, 2.45) is 20.7 Å². The zero-order valence-corrected chi connectivity index (χ0v) is 12.5. The van der Waals surface area contributed by atoms with E-state index in [0.717, 1.165) is 0 Å². The van der Waals surface area contributed by atoms with Gasteiger partial charge in [0.2, 0.25) is 0 Å². The SMILES string of the molecule is COc1ccc(CC2N=NN=N2)c(F)c1-c1cccc(Cl)c1. The highest BCUT2D eigenvalue weighted by molar-refractivity contribution is 6.30. The van der Waals surface area contributed by atoms with E-state index in [1.807, 2.05) is 0 Å². The summed E-state index contributed by atoms with van der Waals surface area (Å²) >= 11 is 6.00. The Morgan fingerprint density at radius 3 is 2.64 bits per heavy atom. The van der Waals surface area contributed by atoms with E-state index in [9.17, 15) is 4.39 Å². The van der Waals surface area contributed by atoms with Gasteiger partial charge in [0.25, 0.3) is 0 Å². The molecule has 0 unspecified atom stereocenters. The molecule has 2 aromatic carbocycles. The van der Waals surface area contributed by atoms with Gasteiger partial charge >= 0.3 is 0 Å². The minimum absolute atomic E-state index is 0.288. The van der Waals surface area contributed by atoms with Gasteiger partial charge in [-0.05, 0) is 39.8 Å². The molecule has 0 bridgehead atoms. The third kappa shape index (κ3) is 2.82. The molecule has 112 valence electrons. The molecular formula is C15H12ClFN4O. The molecule has 0 amide bonds. The van der Waals surface area contributed by atoms with Crippen LogP contribution in [0.15, 0.2) is 57.1 Å². The first-order valence-corrected chi connectivity index (χ1v) is 6.98. The average Bonchev–Trinajstić information content (AvgIpc) is 3.02. The Morgan fingerprint density at radius 2 is 1.95 bits per heavy atom. The van der Waals surface area contributed by atoms with Crippen molar-refractivity contribution in [2.45, 2.75) is 12.6 Å². The summed E-state index contributed by atoms with van der Waals surface area (Å²) < 4.78 is 20.2. The molecule has 22 heavy (non-hydrogen) atoms. The van der Waals surface area contributed by atoms with Crippen LogP contribution in [0.3, 0.4) is 0 Å². The van der Waals surface area contributed by atoms with Gasteiger partial charge in [-0.1, -0.05) is 29.8 Å². The molecule has 0 aliphatic carbocycles. The van der Waals surface area contributed by atoms with Crippen molar-refractivity contribution in [1.29, 1.82) is 0 Å². The average molecular weight is 319 g/mol. The van der Waals surface area contributed by atoms with Crippen LogP contribution >= 0.6 is 11.6 Å². The molecule has 0 radical (unpaired) electrons. The van der Waals surface area contributed by atoms with Crippen molar-refractivity contribution in [3.05, 3.63) is 52.8 Å². The van der Waals surface area contributed by atoms with Crippen molar-refractivity contribution < 1.29 is 9.13 Å². The molecule has 0 fully saturated rings. The topological polar surface area (TPSA) is 58.7 Å². The van der Waals surface area contributed by atoms with Crippen LogP contribution in [0.5, 0.6) is 5.75 Å². The van der Waals surface area contributed by atoms with Crippen LogP contribution in [0.4, 0.5) is 4.39 Å². The second-order valence-corrected chi connectivity index (χ2v) is 5.16. The van der Waals surface area contributed by atoms with E-state index in [1.165, 1.54) is 7.11 Å². The molecule has 0 saturated carbocycles. The lowest BCUT2D eigenvalue weighted by Crippen LogP contribution is -2.05. The third-order valence-corrected chi connectivity index (χ3v) is 3.56. The molecule has 0 aromatic heterocycles. The van der Waals surface area contributed by atoms with Gasteiger partial charge in [0, 0.05) is 11.4 Å². The van der Waals surface area contributed by atoms with Crippen LogP contribution in [0, 0.1) is 5.82 Å². The van der Waals surface area contributed by atoms with E-state index in [2.05, 4.69) is 20.7 Å². The molecular weight excluding hydrogens is 307 g/mol. The third-order valence-electron chi connectivity index (χ3n) is 3.33. The first-order valence-electron chi connectivity index (χ1n) is 6.60. The minimum atomic E-state index is -0.477. The lowest BCUT2D eigenvalue weighted by atomic mass is 9.99. The van der Waals surface area contributed by atoms with Gasteiger partial charge in [0.05, 0.1) is 12.7 Å². The number of benzene rings is 2. The van der Waals surface area contributed by atoms with E-state index in [-0.39, 0.29) is 12.2 Å². The fraction of sp³-hybridized carbons (Fsp3) is 0.200. The Hall–Kier alpha value is -2.34. The van der Waals surface area contributed by atoms with Crippen LogP contribution in [0.1, 0.15) is 5.56 Å². The van der Waals surface area contributed by atoms with Gasteiger partial charge in [0.15, 0.2) is 6.17 Å². The number of hydrogen-bond donors (Lipinski definition) is 0. The van der Waals surface area contributed by atoms with Crippen molar-refractivity contribution in [3.63, 3.8) is 0 Å². The summed E-state index contributed by atoms with van der Waals surface area (Å²) in [6.07, 6.45) is -0.189. The normalized spacial score (nSPS) is 13.8. The van der Waals surface area contributed by atoms with Crippen LogP contribution in [0.2, 0.25) is 5.02 Å². The maximum absolute atomic E-state index is 14.9. The smallest absolute Gasteiger partial charge is 0.189 e. The van der Waals surface area contributed by atoms with Gasteiger partial charge in [-0.3, -0.25) is 0 Å². The maximum Gasteiger partial charge on any atom is 0.189 e. The molecule has 0 atom stereocenters. The van der Waals surface area contributed by atoms with Crippen LogP contribution in [-0.2, 0) is 6.42 Å². The van der Waals surface area contributed by atoms with E-state index in [0.29, 0.717) is 27.5 Å². The predicted octanol–water partition coefficient (Wildman–Crippen LogP) is 4.86. The number of methoxy groups -OCH3 is 1. The number of hydrogen-bond acceptors (Lipinski definition) is 5. The van der Waals surface area contributed by atoms with Gasteiger partial charge in [-0.15, -0.1) is 10.2 Å². The molecule has 3 rings (SSSR count). The highest BCUT2D eigenvalue weighted by Crippen LogP contribution is 2.36. The predicted molar refractivity (Wildman–Crippen MR) is 80.6 cm³/mol. The van der Waals surface area contributed by atoms with Gasteiger partial charge in [-0.2, -0.15) is 0 Å². The van der Waals surface area contributed by atoms with Crippen molar-refractivity contribution in [3.8, 4) is 16.9 Å². The van der Waals surface area contributed by atoms with Crippen molar-refractivity contribution in [2.75, 3.05) is 7.11 Å². The zero-order valence-electron chi connectivity index (χ0n) is 11.7. The monoisotopic (exact) mass is 318 g/mol. The Balaban J connectivity index is 2.06. The quantitative estimate of drug-likeness (QED) is 0.794. The van der Waals surface area contributed by atoms with Crippen molar-refractivity contribution >= 4 is 11.6 Å². The number of ether oxygens (including phenoxy) is 1. The summed E-state index contributed by atoms with van der Waals surface area (Å²) in [6, 6.07) is 10.4. The van der Waals surface area contributed by atoms with Crippen LogP contribution < -0.4 is 4.74 Å². The van der Waals surface area contributed by atoms with Gasteiger partial charge in [0.1, 0.15) is 11.6 Å². The fourth-order valence-corrected chi connectivity index (χ4v) is 2.50. The highest BCUT2D eigenvalue weighted by atomic mass is 35.5. The Bertz CT molecular complexity index is 751. The maximum atomic E-state index is 14.9. The molecule has 2 aromatic rings. The van der Waals surface area contributed by atoms with Crippen LogP contribution in [-0.4, -0.2) is 13.3 Å². The summed E-state index contributed by atoms with van der Waals surface area (Å²) in [5.41, 5.74) is 1.49. The zero-order chi connectivity index (χ0) is 15.5. The Kier molecular flexibility index (Phi) is 4.11. The van der Waals surface area contributed by atoms with Crippen molar-refractivity contribution in [1.82, 2.24) is 0 Å². The molecule has 7 heteroatoms. The molecule has 0 saturated heterocycles. The van der Waals surface area contributed by atoms with Crippen LogP contribution in [0.25, 0.3) is 11.1 Å². The Morgan fingerprint density at radius 1 is 1.18 bits per heavy atom. The second-order valence-electron chi connectivity index (χ2n) is 4.72. The molecule has 0 N–H and O–H groups in total. The number of halogens is 2. The molecule has 1 aliphatic heterocycles. The molecule has 0 spiro atoms. The minimum Gasteiger partial charge on any atom is -0.496 e. The first-order chi connectivity index (χ1) is 10.7. The lowest BCUT2D eigenvalue weighted by molar-refractivity contribution is 0.412. The Labute approximate surface area is 131 Å². The summed E-state index contributed by atoms with van der Waals surface area (Å²) in [5.74, 6) is 0.0668. The van der Waals surface area contributed by atoms with E-state index >= 15 is 0 Å². The molecule has 1 heterocycles. The highest BCUT2D eigenvalue weighted by Gasteiger charge is 2.20. The van der Waals surface area contributed by atoms with E-state index in [1.54, 1.807) is 36.4 Å². The van der Waals surface area contributed by atoms with Gasteiger partial charge < -0.3 is 4.74 Å². The number of rotatable bonds is 4. The summed E-state index contributed by atoms with van der Waals surface area (Å²) in [6.45, 7) is 0. The largest absolute Gasteiger partial charge is 0.496 e. The number of nitrogens with zero attached hydrogens (tertiary/aromatic N) is 4. The second kappa shape index (κ2) is 6.19. The molecule has 5 nitrogen and oxygen atoms in total. The summed E-state index contributed by atoms with van der Waals surface area (Å²) in [7, 11) is 1.50. The summed E-state index contributed by atoms with van der Waals surface area (Å²) in [5, 5.41) is 15.0. The first kappa shape index (κ1) is 14.6. The summed E-state index contributed by atoms with van der Waals surface area (Å²) in [4.78, 5) is 0. The fourth-order valence-electron chi connectivity index (χ4n) is 2.31. The van der Waals surface area contributed by atoms with E-state index < -0.39 is 6.17 Å². The lowest BCUT2D eigenvalue weighted by Gasteiger charge is -2.14.